The minimum Gasteiger partial charge on any atom is -0.303 e. The number of sulfonamides is 1. The van der Waals surface area contributed by atoms with Crippen LogP contribution in [0.3, 0.4) is 0 Å². The van der Waals surface area contributed by atoms with Crippen molar-refractivity contribution in [2.45, 2.75) is 13.0 Å². The van der Waals surface area contributed by atoms with Gasteiger partial charge in [-0.1, -0.05) is 6.92 Å². The molecule has 1 fully saturated rings. The molecule has 3 atom stereocenters. The van der Waals surface area contributed by atoms with Gasteiger partial charge in [0.1, 0.15) is 5.82 Å². The fourth-order valence-electron chi connectivity index (χ4n) is 4.70. The molecule has 34 heavy (non-hydrogen) atoms. The van der Waals surface area contributed by atoms with Gasteiger partial charge >= 0.3 is 0 Å². The van der Waals surface area contributed by atoms with Gasteiger partial charge in [-0.3, -0.25) is 9.48 Å². The minimum absolute atomic E-state index is 0.199. The lowest BCUT2D eigenvalue weighted by molar-refractivity contribution is -0.120. The first-order valence-corrected chi connectivity index (χ1v) is 12.4. The molecule has 0 bridgehead atoms. The van der Waals surface area contributed by atoms with E-state index in [1.165, 1.54) is 12.1 Å². The van der Waals surface area contributed by atoms with Crippen molar-refractivity contribution in [3.05, 3.63) is 72.4 Å². The normalized spacial score (nSPS) is 21.0. The van der Waals surface area contributed by atoms with Crippen LogP contribution in [0, 0.1) is 17.7 Å². The Hall–Kier alpha value is -3.57. The third kappa shape index (κ3) is 3.86. The molecule has 11 heteroatoms. The number of amides is 1. The number of rotatable bonds is 5. The molecule has 1 saturated heterocycles. The van der Waals surface area contributed by atoms with Crippen molar-refractivity contribution in [1.29, 1.82) is 0 Å². The summed E-state index contributed by atoms with van der Waals surface area (Å²) >= 11 is 0. The summed E-state index contributed by atoms with van der Waals surface area (Å²) < 4.78 is 40.6. The van der Waals surface area contributed by atoms with Crippen molar-refractivity contribution in [1.82, 2.24) is 19.6 Å². The standard InChI is InChI=1S/C23H23FN6O3S/c1-14-19(13-34(25,32)33)22(20-9-10-28(2)27-20)29(23(14)31)18-7-8-21-15(11-18)12-26-30(21)17-5-3-16(24)4-6-17/h3-12,14,19,22H,13H2,1-2H3,(H2,25,32,33)/t14-,19-,22-/m0/s1. The zero-order chi connectivity index (χ0) is 24.2. The van der Waals surface area contributed by atoms with E-state index in [9.17, 15) is 17.6 Å². The Morgan fingerprint density at radius 3 is 2.44 bits per heavy atom. The second-order valence-electron chi connectivity index (χ2n) is 8.63. The van der Waals surface area contributed by atoms with E-state index in [-0.39, 0.29) is 17.5 Å². The molecule has 1 aliphatic heterocycles. The summed E-state index contributed by atoms with van der Waals surface area (Å²) in [6.45, 7) is 1.72. The van der Waals surface area contributed by atoms with Crippen molar-refractivity contribution < 1.29 is 17.6 Å². The van der Waals surface area contributed by atoms with E-state index in [0.717, 1.165) is 10.9 Å². The SMILES string of the molecule is C[C@@H]1C(=O)N(c2ccc3c(cnn3-c3ccc(F)cc3)c2)[C@H](c2ccn(C)n2)[C@H]1CS(N)(=O)=O. The summed E-state index contributed by atoms with van der Waals surface area (Å²) in [5.74, 6) is -1.99. The maximum atomic E-state index is 13.4. The van der Waals surface area contributed by atoms with Crippen molar-refractivity contribution in [2.24, 2.45) is 24.0 Å². The Bertz CT molecular complexity index is 1490. The molecule has 0 aliphatic carbocycles. The van der Waals surface area contributed by atoms with Crippen LogP contribution >= 0.6 is 0 Å². The first-order chi connectivity index (χ1) is 16.1. The fourth-order valence-corrected chi connectivity index (χ4v) is 5.70. The topological polar surface area (TPSA) is 116 Å². The zero-order valence-corrected chi connectivity index (χ0v) is 19.4. The van der Waals surface area contributed by atoms with Crippen LogP contribution in [0.25, 0.3) is 16.6 Å². The Balaban J connectivity index is 1.59. The van der Waals surface area contributed by atoms with E-state index >= 15 is 0 Å². The zero-order valence-electron chi connectivity index (χ0n) is 18.5. The molecule has 176 valence electrons. The van der Waals surface area contributed by atoms with Gasteiger partial charge in [0.2, 0.25) is 15.9 Å². The highest BCUT2D eigenvalue weighted by atomic mass is 32.2. The number of nitrogens with zero attached hydrogens (tertiary/aromatic N) is 5. The third-order valence-corrected chi connectivity index (χ3v) is 7.17. The van der Waals surface area contributed by atoms with Gasteiger partial charge in [-0.25, -0.2) is 22.6 Å². The smallest absolute Gasteiger partial charge is 0.230 e. The first-order valence-electron chi connectivity index (χ1n) is 10.7. The lowest BCUT2D eigenvalue weighted by Gasteiger charge is -2.27. The van der Waals surface area contributed by atoms with Gasteiger partial charge in [-0.05, 0) is 48.5 Å². The number of hydrogen-bond acceptors (Lipinski definition) is 5. The predicted molar refractivity (Wildman–Crippen MR) is 125 cm³/mol. The second kappa shape index (κ2) is 8.03. The molecule has 2 aromatic carbocycles. The molecule has 2 N–H and O–H groups in total. The maximum Gasteiger partial charge on any atom is 0.230 e. The van der Waals surface area contributed by atoms with E-state index in [2.05, 4.69) is 10.2 Å². The van der Waals surface area contributed by atoms with Crippen LogP contribution in [-0.4, -0.2) is 39.6 Å². The van der Waals surface area contributed by atoms with Crippen LogP contribution in [0.15, 0.2) is 60.9 Å². The van der Waals surface area contributed by atoms with Crippen LogP contribution in [0.5, 0.6) is 0 Å². The molecule has 0 radical (unpaired) electrons. The number of benzene rings is 2. The number of primary sulfonamides is 1. The highest BCUT2D eigenvalue weighted by Crippen LogP contribution is 2.44. The molecule has 9 nitrogen and oxygen atoms in total. The fraction of sp³-hybridized carbons (Fsp3) is 0.261. The summed E-state index contributed by atoms with van der Waals surface area (Å²) in [6.07, 6.45) is 3.43. The molecule has 0 spiro atoms. The summed E-state index contributed by atoms with van der Waals surface area (Å²) in [5.41, 5.74) is 2.69. The third-order valence-electron chi connectivity index (χ3n) is 6.32. The number of carbonyl (C=O) groups excluding carboxylic acids is 1. The predicted octanol–water partition coefficient (Wildman–Crippen LogP) is 2.53. The molecule has 0 saturated carbocycles. The molecular weight excluding hydrogens is 459 g/mol. The number of fused-ring (bicyclic) bond motifs is 1. The summed E-state index contributed by atoms with van der Waals surface area (Å²) in [7, 11) is -2.06. The van der Waals surface area contributed by atoms with E-state index < -0.39 is 27.9 Å². The van der Waals surface area contributed by atoms with Crippen molar-refractivity contribution in [3.8, 4) is 5.69 Å². The Labute approximate surface area is 195 Å². The monoisotopic (exact) mass is 482 g/mol. The van der Waals surface area contributed by atoms with Gasteiger partial charge in [0.05, 0.1) is 34.9 Å². The van der Waals surface area contributed by atoms with Gasteiger partial charge in [-0.2, -0.15) is 10.2 Å². The maximum absolute atomic E-state index is 13.4. The average Bonchev–Trinajstić information content (AvgIpc) is 3.46. The van der Waals surface area contributed by atoms with E-state index in [1.807, 2.05) is 12.1 Å². The van der Waals surface area contributed by atoms with E-state index in [1.54, 1.807) is 64.9 Å². The number of nitrogens with two attached hydrogens (primary N) is 1. The number of carbonyl (C=O) groups is 1. The van der Waals surface area contributed by atoms with Crippen LogP contribution < -0.4 is 10.0 Å². The highest BCUT2D eigenvalue weighted by Gasteiger charge is 2.49. The molecule has 0 unspecified atom stereocenters. The second-order valence-corrected chi connectivity index (χ2v) is 10.3. The van der Waals surface area contributed by atoms with Crippen LogP contribution in [0.4, 0.5) is 10.1 Å². The number of aryl methyl sites for hydroxylation is 1. The lowest BCUT2D eigenvalue weighted by atomic mass is 9.92. The van der Waals surface area contributed by atoms with Gasteiger partial charge in [0.15, 0.2) is 0 Å². The summed E-state index contributed by atoms with van der Waals surface area (Å²) in [4.78, 5) is 15.0. The van der Waals surface area contributed by atoms with Crippen LogP contribution in [0.1, 0.15) is 18.7 Å². The number of anilines is 1. The van der Waals surface area contributed by atoms with E-state index in [4.69, 9.17) is 5.14 Å². The molecule has 4 aromatic rings. The van der Waals surface area contributed by atoms with Crippen molar-refractivity contribution >= 4 is 32.5 Å². The first kappa shape index (κ1) is 22.2. The quantitative estimate of drug-likeness (QED) is 0.469. The number of aromatic nitrogens is 4. The Morgan fingerprint density at radius 2 is 1.79 bits per heavy atom. The van der Waals surface area contributed by atoms with Gasteiger partial charge < -0.3 is 4.90 Å². The molecule has 3 heterocycles. The van der Waals surface area contributed by atoms with Crippen molar-refractivity contribution in [3.63, 3.8) is 0 Å². The number of hydrogen-bond donors (Lipinski definition) is 1. The van der Waals surface area contributed by atoms with Crippen LogP contribution in [-0.2, 0) is 21.9 Å². The van der Waals surface area contributed by atoms with Gasteiger partial charge in [0.25, 0.3) is 0 Å². The van der Waals surface area contributed by atoms with Crippen LogP contribution in [0.2, 0.25) is 0 Å². The van der Waals surface area contributed by atoms with Crippen molar-refractivity contribution in [2.75, 3.05) is 10.7 Å². The largest absolute Gasteiger partial charge is 0.303 e. The van der Waals surface area contributed by atoms with E-state index in [0.29, 0.717) is 17.1 Å². The van der Waals surface area contributed by atoms with Gasteiger partial charge in [0, 0.05) is 36.2 Å². The van der Waals surface area contributed by atoms with Gasteiger partial charge in [-0.15, -0.1) is 0 Å². The average molecular weight is 483 g/mol. The summed E-state index contributed by atoms with van der Waals surface area (Å²) in [6, 6.07) is 12.7. The lowest BCUT2D eigenvalue weighted by Crippen LogP contribution is -2.32. The Kier molecular flexibility index (Phi) is 5.25. The summed E-state index contributed by atoms with van der Waals surface area (Å²) in [5, 5.41) is 15.0. The Morgan fingerprint density at radius 1 is 1.09 bits per heavy atom. The molecule has 1 aliphatic rings. The molecule has 5 rings (SSSR count). The number of halogens is 1. The molecular formula is C23H23FN6O3S. The minimum atomic E-state index is -3.82. The molecule has 2 aromatic heterocycles. The highest BCUT2D eigenvalue weighted by molar-refractivity contribution is 7.89. The molecule has 1 amide bonds.